The quantitative estimate of drug-likeness (QED) is 0.441. The summed E-state index contributed by atoms with van der Waals surface area (Å²) in [5.41, 5.74) is 1.84. The number of amides is 1. The highest BCUT2D eigenvalue weighted by atomic mass is 16.5. The number of carbonyl (C=O) groups is 2. The van der Waals surface area contributed by atoms with Crippen LogP contribution in [0.3, 0.4) is 0 Å². The van der Waals surface area contributed by atoms with Crippen LogP contribution in [0, 0.1) is 0 Å². The van der Waals surface area contributed by atoms with Crippen molar-refractivity contribution in [2.24, 2.45) is 4.99 Å². The van der Waals surface area contributed by atoms with Crippen molar-refractivity contribution in [2.45, 2.75) is 57.1 Å². The minimum absolute atomic E-state index is 0.0923. The van der Waals surface area contributed by atoms with Gasteiger partial charge in [0.1, 0.15) is 6.61 Å². The molecule has 2 aliphatic rings. The summed E-state index contributed by atoms with van der Waals surface area (Å²) < 4.78 is 11.6. The summed E-state index contributed by atoms with van der Waals surface area (Å²) in [5, 5.41) is 2.95. The summed E-state index contributed by atoms with van der Waals surface area (Å²) in [4.78, 5) is 33.3. The third kappa shape index (κ3) is 6.48. The Morgan fingerprint density at radius 2 is 1.85 bits per heavy atom. The van der Waals surface area contributed by atoms with Crippen molar-refractivity contribution in [3.05, 3.63) is 65.5 Å². The fourth-order valence-corrected chi connectivity index (χ4v) is 4.13. The number of nitrogens with one attached hydrogen (secondary N) is 1. The van der Waals surface area contributed by atoms with Crippen molar-refractivity contribution < 1.29 is 19.1 Å². The van der Waals surface area contributed by atoms with Crippen molar-refractivity contribution in [1.29, 1.82) is 0 Å². The normalized spacial score (nSPS) is 18.4. The van der Waals surface area contributed by atoms with Crippen LogP contribution in [0.2, 0.25) is 0 Å². The van der Waals surface area contributed by atoms with Crippen LogP contribution in [-0.2, 0) is 14.3 Å². The minimum Gasteiger partial charge on any atom is -0.475 e. The Bertz CT molecular complexity index is 953. The number of ketones is 1. The van der Waals surface area contributed by atoms with Gasteiger partial charge < -0.3 is 14.8 Å². The number of aliphatic imine (C=N–C) groups is 1. The Morgan fingerprint density at radius 3 is 2.61 bits per heavy atom. The first-order valence-corrected chi connectivity index (χ1v) is 11.9. The molecule has 0 bridgehead atoms. The van der Waals surface area contributed by atoms with Gasteiger partial charge in [0.05, 0.1) is 6.10 Å². The Kier molecular flexibility index (Phi) is 8.19. The molecule has 1 aromatic carbocycles. The fraction of sp³-hybridized carbons (Fsp3) is 0.462. The Labute approximate surface area is 194 Å². The van der Waals surface area contributed by atoms with Gasteiger partial charge in [0.2, 0.25) is 11.8 Å². The van der Waals surface area contributed by atoms with E-state index in [4.69, 9.17) is 9.47 Å². The standard InChI is InChI=1S/C26H31N3O4/c30-24(21-7-6-14-27-17-21)19-10-12-20(13-11-19)26-29-23(18-33-26)25(31)28-15-4-5-16-32-22-8-2-1-3-9-22/h6-7,10-14,17,22-23H,1-5,8-9,15-16,18H2,(H,28,31). The highest BCUT2D eigenvalue weighted by Gasteiger charge is 2.26. The average Bonchev–Trinajstić information content (AvgIpc) is 3.37. The zero-order valence-electron chi connectivity index (χ0n) is 18.9. The first-order chi connectivity index (χ1) is 16.2. The summed E-state index contributed by atoms with van der Waals surface area (Å²) in [6, 6.07) is 9.97. The molecule has 7 nitrogen and oxygen atoms in total. The van der Waals surface area contributed by atoms with Crippen LogP contribution in [0.1, 0.15) is 66.4 Å². The van der Waals surface area contributed by atoms with Crippen LogP contribution in [0.15, 0.2) is 53.8 Å². The van der Waals surface area contributed by atoms with Crippen LogP contribution in [0.5, 0.6) is 0 Å². The van der Waals surface area contributed by atoms with E-state index < -0.39 is 6.04 Å². The molecule has 1 aliphatic carbocycles. The molecule has 1 saturated carbocycles. The van der Waals surface area contributed by atoms with Crippen LogP contribution < -0.4 is 5.32 Å². The van der Waals surface area contributed by atoms with Gasteiger partial charge in [-0.25, -0.2) is 4.99 Å². The molecule has 7 heteroatoms. The highest BCUT2D eigenvalue weighted by molar-refractivity contribution is 6.09. The number of ether oxygens (including phenoxy) is 2. The fourth-order valence-electron chi connectivity index (χ4n) is 4.13. The molecular weight excluding hydrogens is 418 g/mol. The lowest BCUT2D eigenvalue weighted by molar-refractivity contribution is -0.122. The van der Waals surface area contributed by atoms with Crippen LogP contribution in [-0.4, -0.2) is 54.5 Å². The molecule has 1 unspecified atom stereocenters. The molecule has 2 aromatic rings. The van der Waals surface area contributed by atoms with E-state index in [1.54, 1.807) is 48.8 Å². The maximum absolute atomic E-state index is 12.5. The van der Waals surface area contributed by atoms with E-state index in [1.165, 1.54) is 32.1 Å². The molecule has 0 spiro atoms. The lowest BCUT2D eigenvalue weighted by Gasteiger charge is -2.21. The molecule has 1 aliphatic heterocycles. The van der Waals surface area contributed by atoms with Crippen LogP contribution in [0.4, 0.5) is 0 Å². The lowest BCUT2D eigenvalue weighted by atomic mass is 9.98. The summed E-state index contributed by atoms with van der Waals surface area (Å²) >= 11 is 0. The molecule has 1 aromatic heterocycles. The van der Waals surface area contributed by atoms with E-state index in [1.807, 2.05) is 0 Å². The van der Waals surface area contributed by atoms with Gasteiger partial charge in [-0.2, -0.15) is 0 Å². The summed E-state index contributed by atoms with van der Waals surface area (Å²) in [5.74, 6) is 0.211. The number of benzene rings is 1. The molecule has 1 fully saturated rings. The summed E-state index contributed by atoms with van der Waals surface area (Å²) in [6.45, 7) is 1.59. The van der Waals surface area contributed by atoms with Crippen LogP contribution >= 0.6 is 0 Å². The number of pyridine rings is 1. The molecule has 1 amide bonds. The molecule has 0 radical (unpaired) electrons. The van der Waals surface area contributed by atoms with E-state index in [2.05, 4.69) is 15.3 Å². The average molecular weight is 450 g/mol. The zero-order chi connectivity index (χ0) is 22.9. The Balaban J connectivity index is 1.20. The lowest BCUT2D eigenvalue weighted by Crippen LogP contribution is -2.35. The van der Waals surface area contributed by atoms with Gasteiger partial charge in [-0.1, -0.05) is 31.4 Å². The molecule has 1 N–H and O–H groups in total. The second-order valence-electron chi connectivity index (χ2n) is 8.54. The molecule has 33 heavy (non-hydrogen) atoms. The highest BCUT2D eigenvalue weighted by Crippen LogP contribution is 2.20. The number of hydrogen-bond donors (Lipinski definition) is 1. The van der Waals surface area contributed by atoms with Crippen molar-refractivity contribution in [1.82, 2.24) is 10.3 Å². The molecule has 0 saturated heterocycles. The molecular formula is C26H31N3O4. The number of unbranched alkanes of at least 4 members (excludes halogenated alkanes) is 1. The second kappa shape index (κ2) is 11.7. The molecule has 4 rings (SSSR count). The second-order valence-corrected chi connectivity index (χ2v) is 8.54. The van der Waals surface area contributed by atoms with E-state index in [0.29, 0.717) is 29.7 Å². The predicted molar refractivity (Wildman–Crippen MR) is 125 cm³/mol. The van der Waals surface area contributed by atoms with E-state index in [9.17, 15) is 9.59 Å². The molecule has 1 atom stereocenters. The number of nitrogens with zero attached hydrogens (tertiary/aromatic N) is 2. The third-order valence-corrected chi connectivity index (χ3v) is 6.05. The maximum atomic E-state index is 12.5. The van der Waals surface area contributed by atoms with Gasteiger partial charge in [0.25, 0.3) is 0 Å². The molecule has 174 valence electrons. The topological polar surface area (TPSA) is 89.9 Å². The largest absolute Gasteiger partial charge is 0.475 e. The Hall–Kier alpha value is -3.06. The molecule has 2 heterocycles. The zero-order valence-corrected chi connectivity index (χ0v) is 18.9. The van der Waals surface area contributed by atoms with E-state index in [-0.39, 0.29) is 18.3 Å². The maximum Gasteiger partial charge on any atom is 0.248 e. The van der Waals surface area contributed by atoms with Gasteiger partial charge in [-0.15, -0.1) is 0 Å². The minimum atomic E-state index is -0.546. The third-order valence-electron chi connectivity index (χ3n) is 6.05. The van der Waals surface area contributed by atoms with Gasteiger partial charge >= 0.3 is 0 Å². The van der Waals surface area contributed by atoms with Gasteiger partial charge in [0, 0.05) is 42.2 Å². The van der Waals surface area contributed by atoms with E-state index >= 15 is 0 Å². The van der Waals surface area contributed by atoms with Crippen molar-refractivity contribution in [3.8, 4) is 0 Å². The summed E-state index contributed by atoms with van der Waals surface area (Å²) in [7, 11) is 0. The van der Waals surface area contributed by atoms with Gasteiger partial charge in [0.15, 0.2) is 11.8 Å². The van der Waals surface area contributed by atoms with Crippen molar-refractivity contribution >= 4 is 17.6 Å². The van der Waals surface area contributed by atoms with Crippen LogP contribution in [0.25, 0.3) is 0 Å². The number of rotatable bonds is 10. The number of carbonyl (C=O) groups excluding carboxylic acids is 2. The smallest absolute Gasteiger partial charge is 0.248 e. The first-order valence-electron chi connectivity index (χ1n) is 11.9. The van der Waals surface area contributed by atoms with E-state index in [0.717, 1.165) is 25.0 Å². The first kappa shape index (κ1) is 23.1. The van der Waals surface area contributed by atoms with Gasteiger partial charge in [-0.05, 0) is 49.9 Å². The monoisotopic (exact) mass is 449 g/mol. The summed E-state index contributed by atoms with van der Waals surface area (Å²) in [6.07, 6.45) is 11.7. The number of hydrogen-bond acceptors (Lipinski definition) is 6. The Morgan fingerprint density at radius 1 is 1.03 bits per heavy atom. The predicted octanol–water partition coefficient (Wildman–Crippen LogP) is 3.70. The number of aromatic nitrogens is 1. The van der Waals surface area contributed by atoms with Gasteiger partial charge in [-0.3, -0.25) is 14.6 Å². The van der Waals surface area contributed by atoms with Crippen molar-refractivity contribution in [2.75, 3.05) is 19.8 Å². The SMILES string of the molecule is O=C(c1ccc(C2=NC(C(=O)NCCCCOC3CCCCC3)CO2)cc1)c1cccnc1. The van der Waals surface area contributed by atoms with Crippen molar-refractivity contribution in [3.63, 3.8) is 0 Å².